The van der Waals surface area contributed by atoms with E-state index in [-0.39, 0.29) is 17.8 Å². The third-order valence-electron chi connectivity index (χ3n) is 2.86. The molecule has 0 aliphatic carbocycles. The Bertz CT molecular complexity index is 592. The highest BCUT2D eigenvalue weighted by Crippen LogP contribution is 2.20. The van der Waals surface area contributed by atoms with Gasteiger partial charge in [-0.2, -0.15) is 0 Å². The Morgan fingerprint density at radius 3 is 2.90 bits per heavy atom. The number of aryl methyl sites for hydroxylation is 1. The van der Waals surface area contributed by atoms with Crippen LogP contribution in [0.15, 0.2) is 34.9 Å². The van der Waals surface area contributed by atoms with Crippen molar-refractivity contribution >= 4 is 11.6 Å². The van der Waals surface area contributed by atoms with Crippen LogP contribution >= 0.6 is 0 Å². The van der Waals surface area contributed by atoms with Gasteiger partial charge in [-0.05, 0) is 32.4 Å². The third kappa shape index (κ3) is 3.60. The van der Waals surface area contributed by atoms with Crippen LogP contribution in [0.25, 0.3) is 0 Å². The minimum Gasteiger partial charge on any atom is -0.491 e. The first-order valence-electron chi connectivity index (χ1n) is 6.60. The van der Waals surface area contributed by atoms with Crippen molar-refractivity contribution in [1.82, 2.24) is 5.16 Å². The van der Waals surface area contributed by atoms with Crippen molar-refractivity contribution in [3.8, 4) is 5.75 Å². The Morgan fingerprint density at radius 2 is 2.25 bits per heavy atom. The molecule has 0 aliphatic heterocycles. The largest absolute Gasteiger partial charge is 0.491 e. The van der Waals surface area contributed by atoms with Crippen molar-refractivity contribution in [2.45, 2.75) is 33.3 Å². The Labute approximate surface area is 117 Å². The second-order valence-corrected chi connectivity index (χ2v) is 4.65. The molecule has 0 spiro atoms. The number of nitrogens with one attached hydrogen (secondary N) is 1. The molecule has 5 nitrogen and oxygen atoms in total. The van der Waals surface area contributed by atoms with E-state index in [0.29, 0.717) is 11.4 Å². The molecule has 0 radical (unpaired) electrons. The molecule has 2 rings (SSSR count). The molecule has 1 heterocycles. The van der Waals surface area contributed by atoms with Gasteiger partial charge >= 0.3 is 0 Å². The number of amides is 1. The molecular formula is C15H18N2O3. The van der Waals surface area contributed by atoms with Crippen LogP contribution in [0.5, 0.6) is 5.75 Å². The van der Waals surface area contributed by atoms with E-state index < -0.39 is 0 Å². The molecule has 0 saturated carbocycles. The molecule has 0 saturated heterocycles. The molecule has 0 aliphatic rings. The molecule has 0 fully saturated rings. The predicted molar refractivity (Wildman–Crippen MR) is 76.0 cm³/mol. The van der Waals surface area contributed by atoms with Gasteiger partial charge in [0.25, 0.3) is 5.91 Å². The summed E-state index contributed by atoms with van der Waals surface area (Å²) in [6, 6.07) is 8.87. The second kappa shape index (κ2) is 6.23. The first kappa shape index (κ1) is 14.1. The van der Waals surface area contributed by atoms with Gasteiger partial charge in [-0.25, -0.2) is 0 Å². The van der Waals surface area contributed by atoms with E-state index in [2.05, 4.69) is 17.4 Å². The number of aromatic nitrogens is 1. The minimum absolute atomic E-state index is 0.137. The van der Waals surface area contributed by atoms with E-state index in [9.17, 15) is 4.79 Å². The number of hydrogen-bond donors (Lipinski definition) is 1. The van der Waals surface area contributed by atoms with Crippen molar-refractivity contribution in [3.05, 3.63) is 41.8 Å². The summed E-state index contributed by atoms with van der Waals surface area (Å²) in [7, 11) is 0. The van der Waals surface area contributed by atoms with Gasteiger partial charge in [0.05, 0.1) is 11.8 Å². The maximum absolute atomic E-state index is 11.9. The summed E-state index contributed by atoms with van der Waals surface area (Å²) in [5.41, 5.74) is 1.33. The van der Waals surface area contributed by atoms with Crippen molar-refractivity contribution in [2.75, 3.05) is 5.32 Å². The molecule has 1 unspecified atom stereocenters. The fourth-order valence-corrected chi connectivity index (χ4v) is 1.63. The van der Waals surface area contributed by atoms with Gasteiger partial charge in [0.1, 0.15) is 5.75 Å². The Morgan fingerprint density at radius 1 is 1.45 bits per heavy atom. The summed E-state index contributed by atoms with van der Waals surface area (Å²) < 4.78 is 10.6. The monoisotopic (exact) mass is 274 g/mol. The summed E-state index contributed by atoms with van der Waals surface area (Å²) in [6.45, 7) is 5.83. The van der Waals surface area contributed by atoms with Crippen molar-refractivity contribution < 1.29 is 14.1 Å². The molecule has 0 bridgehead atoms. The van der Waals surface area contributed by atoms with Crippen LogP contribution in [-0.4, -0.2) is 17.2 Å². The van der Waals surface area contributed by atoms with Crippen LogP contribution in [0.3, 0.4) is 0 Å². The van der Waals surface area contributed by atoms with E-state index in [4.69, 9.17) is 9.26 Å². The molecule has 5 heteroatoms. The van der Waals surface area contributed by atoms with E-state index in [1.807, 2.05) is 19.1 Å². The fourth-order valence-electron chi connectivity index (χ4n) is 1.63. The molecule has 1 aromatic heterocycles. The number of benzene rings is 1. The lowest BCUT2D eigenvalue weighted by Crippen LogP contribution is -2.12. The predicted octanol–water partition coefficient (Wildman–Crippen LogP) is 3.41. The normalized spacial score (nSPS) is 11.9. The van der Waals surface area contributed by atoms with Crippen LogP contribution in [-0.2, 0) is 0 Å². The van der Waals surface area contributed by atoms with E-state index in [0.717, 1.165) is 12.2 Å². The first-order chi connectivity index (χ1) is 9.58. The SMILES string of the molecule is CCC(C)Oc1cccc(NC(=O)c2cc(C)no2)c1. The highest BCUT2D eigenvalue weighted by molar-refractivity contribution is 6.02. The topological polar surface area (TPSA) is 64.4 Å². The highest BCUT2D eigenvalue weighted by atomic mass is 16.5. The molecule has 20 heavy (non-hydrogen) atoms. The van der Waals surface area contributed by atoms with Gasteiger partial charge in [-0.3, -0.25) is 4.79 Å². The smallest absolute Gasteiger partial charge is 0.294 e. The number of nitrogens with zero attached hydrogens (tertiary/aromatic N) is 1. The number of carbonyl (C=O) groups excluding carboxylic acids is 1. The van der Waals surface area contributed by atoms with E-state index in [1.165, 1.54) is 0 Å². The molecule has 1 N–H and O–H groups in total. The molecule has 1 amide bonds. The van der Waals surface area contributed by atoms with Crippen LogP contribution in [0.2, 0.25) is 0 Å². The number of ether oxygens (including phenoxy) is 1. The van der Waals surface area contributed by atoms with Gasteiger partial charge in [-0.1, -0.05) is 18.1 Å². The van der Waals surface area contributed by atoms with Gasteiger partial charge in [0.2, 0.25) is 5.76 Å². The summed E-state index contributed by atoms with van der Waals surface area (Å²) in [4.78, 5) is 11.9. The molecular weight excluding hydrogens is 256 g/mol. The average Bonchev–Trinajstić information content (AvgIpc) is 2.86. The van der Waals surface area contributed by atoms with Crippen LogP contribution in [0.1, 0.15) is 36.5 Å². The van der Waals surface area contributed by atoms with Crippen LogP contribution in [0, 0.1) is 6.92 Å². The fraction of sp³-hybridized carbons (Fsp3) is 0.333. The van der Waals surface area contributed by atoms with Crippen LogP contribution in [0.4, 0.5) is 5.69 Å². The number of anilines is 1. The standard InChI is InChI=1S/C15H18N2O3/c1-4-11(3)19-13-7-5-6-12(9-13)16-15(18)14-8-10(2)17-20-14/h5-9,11H,4H2,1-3H3,(H,16,18). The number of carbonyl (C=O) groups is 1. The summed E-state index contributed by atoms with van der Waals surface area (Å²) in [5, 5.41) is 6.44. The number of hydrogen-bond acceptors (Lipinski definition) is 4. The molecule has 1 aromatic carbocycles. The van der Waals surface area contributed by atoms with Gasteiger partial charge < -0.3 is 14.6 Å². The first-order valence-corrected chi connectivity index (χ1v) is 6.60. The van der Waals surface area contributed by atoms with Gasteiger partial charge in [0, 0.05) is 17.8 Å². The second-order valence-electron chi connectivity index (χ2n) is 4.65. The maximum Gasteiger partial charge on any atom is 0.294 e. The van der Waals surface area contributed by atoms with E-state index >= 15 is 0 Å². The molecule has 2 aromatic rings. The Hall–Kier alpha value is -2.30. The zero-order valence-electron chi connectivity index (χ0n) is 11.8. The van der Waals surface area contributed by atoms with Crippen molar-refractivity contribution in [2.24, 2.45) is 0 Å². The maximum atomic E-state index is 11.9. The zero-order chi connectivity index (χ0) is 14.5. The van der Waals surface area contributed by atoms with Crippen molar-refractivity contribution in [3.63, 3.8) is 0 Å². The highest BCUT2D eigenvalue weighted by Gasteiger charge is 2.12. The summed E-state index contributed by atoms with van der Waals surface area (Å²) >= 11 is 0. The molecule has 106 valence electrons. The summed E-state index contributed by atoms with van der Waals surface area (Å²) in [5.74, 6) is 0.591. The lowest BCUT2D eigenvalue weighted by atomic mass is 10.2. The van der Waals surface area contributed by atoms with Crippen molar-refractivity contribution in [1.29, 1.82) is 0 Å². The third-order valence-corrected chi connectivity index (χ3v) is 2.86. The Balaban J connectivity index is 2.06. The lowest BCUT2D eigenvalue weighted by Gasteiger charge is -2.13. The zero-order valence-corrected chi connectivity index (χ0v) is 11.8. The molecule has 1 atom stereocenters. The van der Waals surface area contributed by atoms with Gasteiger partial charge in [-0.15, -0.1) is 0 Å². The quantitative estimate of drug-likeness (QED) is 0.907. The number of rotatable bonds is 5. The van der Waals surface area contributed by atoms with E-state index in [1.54, 1.807) is 25.1 Å². The average molecular weight is 274 g/mol. The lowest BCUT2D eigenvalue weighted by molar-refractivity contribution is 0.0988. The Kier molecular flexibility index (Phi) is 4.40. The van der Waals surface area contributed by atoms with Gasteiger partial charge in [0.15, 0.2) is 0 Å². The van der Waals surface area contributed by atoms with Crippen LogP contribution < -0.4 is 10.1 Å². The summed E-state index contributed by atoms with van der Waals surface area (Å²) in [6.07, 6.45) is 1.06. The minimum atomic E-state index is -0.328.